The van der Waals surface area contributed by atoms with E-state index < -0.39 is 11.5 Å². The molecule has 0 spiro atoms. The first-order valence-corrected chi connectivity index (χ1v) is 11.5. The minimum Gasteiger partial charge on any atom is -0.389 e. The van der Waals surface area contributed by atoms with E-state index >= 15 is 0 Å². The Morgan fingerprint density at radius 2 is 1.73 bits per heavy atom. The van der Waals surface area contributed by atoms with Gasteiger partial charge in [0.15, 0.2) is 0 Å². The highest BCUT2D eigenvalue weighted by molar-refractivity contribution is 5.89. The van der Waals surface area contributed by atoms with Gasteiger partial charge in [-0.1, -0.05) is 74.7 Å². The minimum absolute atomic E-state index is 0.0892. The first-order valence-electron chi connectivity index (χ1n) is 11.5. The molecule has 4 heteroatoms. The highest BCUT2D eigenvalue weighted by atomic mass is 16.3. The minimum atomic E-state index is -0.976. The second kappa shape index (κ2) is 9.32. The number of hydrogen-bond donors (Lipinski definition) is 2. The van der Waals surface area contributed by atoms with Gasteiger partial charge in [0.1, 0.15) is 0 Å². The molecule has 2 fully saturated rings. The van der Waals surface area contributed by atoms with Crippen LogP contribution in [-0.4, -0.2) is 47.7 Å². The van der Waals surface area contributed by atoms with E-state index in [1.807, 2.05) is 23.1 Å². The van der Waals surface area contributed by atoms with Crippen LogP contribution in [0.4, 0.5) is 0 Å². The van der Waals surface area contributed by atoms with Gasteiger partial charge < -0.3 is 15.3 Å². The molecule has 4 nitrogen and oxygen atoms in total. The monoisotopic (exact) mass is 406 g/mol. The number of carbonyl (C=O) groups is 1. The van der Waals surface area contributed by atoms with Crippen LogP contribution in [0, 0.1) is 0 Å². The first-order chi connectivity index (χ1) is 14.6. The number of aliphatic hydroxyl groups is 1. The predicted molar refractivity (Wildman–Crippen MR) is 121 cm³/mol. The molecule has 1 aliphatic heterocycles. The number of aryl methyl sites for hydroxylation is 1. The lowest BCUT2D eigenvalue weighted by atomic mass is 9.70. The van der Waals surface area contributed by atoms with Gasteiger partial charge in [-0.05, 0) is 41.5 Å². The van der Waals surface area contributed by atoms with Crippen molar-refractivity contribution in [3.05, 3.63) is 59.7 Å². The Morgan fingerprint density at radius 3 is 2.40 bits per heavy atom. The summed E-state index contributed by atoms with van der Waals surface area (Å²) in [7, 11) is 0. The largest absolute Gasteiger partial charge is 0.389 e. The van der Waals surface area contributed by atoms with Crippen LogP contribution >= 0.6 is 0 Å². The highest BCUT2D eigenvalue weighted by Crippen LogP contribution is 2.45. The van der Waals surface area contributed by atoms with Crippen molar-refractivity contribution in [1.82, 2.24) is 10.2 Å². The van der Waals surface area contributed by atoms with Crippen LogP contribution in [-0.2, 0) is 11.2 Å². The Hall–Kier alpha value is -2.17. The average Bonchev–Trinajstić information content (AvgIpc) is 2.80. The zero-order chi connectivity index (χ0) is 21.0. The van der Waals surface area contributed by atoms with Gasteiger partial charge in [-0.15, -0.1) is 0 Å². The van der Waals surface area contributed by atoms with Crippen LogP contribution in [0.5, 0.6) is 0 Å². The quantitative estimate of drug-likeness (QED) is 0.785. The summed E-state index contributed by atoms with van der Waals surface area (Å²) < 4.78 is 0. The third-order valence-electron chi connectivity index (χ3n) is 6.87. The van der Waals surface area contributed by atoms with Gasteiger partial charge in [0.25, 0.3) is 0 Å². The van der Waals surface area contributed by atoms with Crippen LogP contribution < -0.4 is 5.32 Å². The summed E-state index contributed by atoms with van der Waals surface area (Å²) in [4.78, 5) is 15.9. The Labute approximate surface area is 180 Å². The molecular weight excluding hydrogens is 372 g/mol. The lowest BCUT2D eigenvalue weighted by Crippen LogP contribution is -2.53. The fourth-order valence-electron chi connectivity index (χ4n) is 5.28. The van der Waals surface area contributed by atoms with Gasteiger partial charge >= 0.3 is 0 Å². The molecule has 160 valence electrons. The van der Waals surface area contributed by atoms with E-state index in [0.717, 1.165) is 55.5 Å². The maximum Gasteiger partial charge on any atom is 0.233 e. The van der Waals surface area contributed by atoms with Crippen LogP contribution in [0.3, 0.4) is 0 Å². The summed E-state index contributed by atoms with van der Waals surface area (Å²) in [5, 5.41) is 15.2. The number of nitrogens with one attached hydrogen (secondary N) is 1. The molecule has 1 atom stereocenters. The summed E-state index contributed by atoms with van der Waals surface area (Å²) in [6.45, 7) is 5.21. The lowest BCUT2D eigenvalue weighted by Gasteiger charge is -2.42. The molecule has 2 aromatic carbocycles. The van der Waals surface area contributed by atoms with E-state index in [1.165, 1.54) is 5.56 Å². The summed E-state index contributed by atoms with van der Waals surface area (Å²) in [5.41, 5.74) is 3.51. The predicted octanol–water partition coefficient (Wildman–Crippen LogP) is 4.13. The van der Waals surface area contributed by atoms with E-state index in [4.69, 9.17) is 0 Å². The highest BCUT2D eigenvalue weighted by Gasteiger charge is 2.45. The smallest absolute Gasteiger partial charge is 0.233 e. The normalized spacial score (nSPS) is 20.0. The van der Waals surface area contributed by atoms with Crippen molar-refractivity contribution in [2.24, 2.45) is 0 Å². The van der Waals surface area contributed by atoms with E-state index in [0.29, 0.717) is 25.9 Å². The zero-order valence-electron chi connectivity index (χ0n) is 18.1. The number of benzene rings is 2. The average molecular weight is 407 g/mol. The van der Waals surface area contributed by atoms with Crippen molar-refractivity contribution in [2.45, 2.75) is 57.0 Å². The molecule has 0 bridgehead atoms. The number of nitrogens with zero attached hydrogens (tertiary/aromatic N) is 1. The molecule has 1 amide bonds. The third kappa shape index (κ3) is 4.17. The van der Waals surface area contributed by atoms with Crippen molar-refractivity contribution in [1.29, 1.82) is 0 Å². The molecule has 30 heavy (non-hydrogen) atoms. The number of rotatable bonds is 5. The molecule has 2 N–H and O–H groups in total. The first kappa shape index (κ1) is 21.1. The summed E-state index contributed by atoms with van der Waals surface area (Å²) in [5.74, 6) is -0.427. The van der Waals surface area contributed by atoms with E-state index in [2.05, 4.69) is 42.6 Å². The molecule has 4 rings (SSSR count). The summed E-state index contributed by atoms with van der Waals surface area (Å²) >= 11 is 0. The standard InChI is InChI=1S/C26H34N2O2/c1-2-20-12-9-13-22(23(20)21-10-5-3-6-11-21)24(26(30)14-7-4-8-15-26)25(29)28-18-16-27-17-19-28/h3,5-6,9-13,24,27,30H,2,4,7-8,14-19H2,1H3. The number of amides is 1. The third-order valence-corrected chi connectivity index (χ3v) is 6.87. The molecule has 2 aliphatic rings. The molecule has 0 radical (unpaired) electrons. The van der Waals surface area contributed by atoms with Gasteiger partial charge in [0.05, 0.1) is 11.5 Å². The summed E-state index contributed by atoms with van der Waals surface area (Å²) in [6, 6.07) is 16.7. The van der Waals surface area contributed by atoms with E-state index in [1.54, 1.807) is 0 Å². The van der Waals surface area contributed by atoms with Crippen molar-refractivity contribution in [3.8, 4) is 11.1 Å². The Bertz CT molecular complexity index is 853. The van der Waals surface area contributed by atoms with Crippen LogP contribution in [0.15, 0.2) is 48.5 Å². The topological polar surface area (TPSA) is 52.6 Å². The van der Waals surface area contributed by atoms with Crippen molar-refractivity contribution >= 4 is 5.91 Å². The van der Waals surface area contributed by atoms with Gasteiger partial charge in [-0.2, -0.15) is 0 Å². The van der Waals surface area contributed by atoms with E-state index in [9.17, 15) is 9.90 Å². The zero-order valence-corrected chi connectivity index (χ0v) is 18.1. The van der Waals surface area contributed by atoms with Crippen molar-refractivity contribution in [3.63, 3.8) is 0 Å². The Morgan fingerprint density at radius 1 is 1.03 bits per heavy atom. The van der Waals surface area contributed by atoms with Crippen molar-refractivity contribution < 1.29 is 9.90 Å². The van der Waals surface area contributed by atoms with Crippen LogP contribution in [0.1, 0.15) is 56.1 Å². The molecule has 2 aromatic rings. The van der Waals surface area contributed by atoms with Crippen molar-refractivity contribution in [2.75, 3.05) is 26.2 Å². The molecule has 1 unspecified atom stereocenters. The molecule has 0 aromatic heterocycles. The van der Waals surface area contributed by atoms with Gasteiger partial charge in [0.2, 0.25) is 5.91 Å². The maximum atomic E-state index is 13.9. The van der Waals surface area contributed by atoms with E-state index in [-0.39, 0.29) is 5.91 Å². The summed E-state index contributed by atoms with van der Waals surface area (Å²) in [6.07, 6.45) is 5.38. The molecular formula is C26H34N2O2. The van der Waals surface area contributed by atoms with Crippen LogP contribution in [0.25, 0.3) is 11.1 Å². The number of carbonyl (C=O) groups excluding carboxylic acids is 1. The maximum absolute atomic E-state index is 13.9. The van der Waals surface area contributed by atoms with Gasteiger partial charge in [0, 0.05) is 26.2 Å². The number of piperazine rings is 1. The fraction of sp³-hybridized carbons (Fsp3) is 0.500. The lowest BCUT2D eigenvalue weighted by molar-refractivity contribution is -0.142. The van der Waals surface area contributed by atoms with Crippen LogP contribution in [0.2, 0.25) is 0 Å². The van der Waals surface area contributed by atoms with Gasteiger partial charge in [-0.3, -0.25) is 4.79 Å². The molecule has 1 heterocycles. The fourth-order valence-corrected chi connectivity index (χ4v) is 5.28. The SMILES string of the molecule is CCc1cccc(C(C(=O)N2CCNCC2)C2(O)CCCCC2)c1-c1ccccc1. The molecule has 1 aliphatic carbocycles. The molecule has 1 saturated heterocycles. The second-order valence-corrected chi connectivity index (χ2v) is 8.77. The second-order valence-electron chi connectivity index (χ2n) is 8.77. The Kier molecular flexibility index (Phi) is 6.55. The Balaban J connectivity index is 1.86. The van der Waals surface area contributed by atoms with Gasteiger partial charge in [-0.25, -0.2) is 0 Å². The number of hydrogen-bond acceptors (Lipinski definition) is 3. The molecule has 1 saturated carbocycles.